The van der Waals surface area contributed by atoms with Crippen molar-refractivity contribution in [3.05, 3.63) is 16.0 Å². The van der Waals surface area contributed by atoms with Crippen LogP contribution in [0, 0.1) is 0 Å². The molecule has 0 radical (unpaired) electrons. The highest BCUT2D eigenvalue weighted by Gasteiger charge is 2.08. The van der Waals surface area contributed by atoms with Gasteiger partial charge in [-0.05, 0) is 15.9 Å². The molecule has 0 bridgehead atoms. The molecule has 2 heterocycles. The molecule has 0 aliphatic rings. The zero-order valence-corrected chi connectivity index (χ0v) is 9.26. The first-order valence-corrected chi connectivity index (χ1v) is 5.25. The number of nitrogens with two attached hydrogens (primary N) is 1. The fourth-order valence-electron chi connectivity index (χ4n) is 1.08. The van der Waals surface area contributed by atoms with Gasteiger partial charge in [-0.2, -0.15) is 5.10 Å². The second-order valence-corrected chi connectivity index (χ2v) is 4.25. The van der Waals surface area contributed by atoms with Crippen molar-refractivity contribution < 1.29 is 0 Å². The van der Waals surface area contributed by atoms with Crippen LogP contribution in [0.4, 0.5) is 5.13 Å². The minimum absolute atomic E-state index is 0.576. The summed E-state index contributed by atoms with van der Waals surface area (Å²) >= 11 is 4.73. The van der Waals surface area contributed by atoms with Crippen LogP contribution < -0.4 is 5.73 Å². The van der Waals surface area contributed by atoms with E-state index < -0.39 is 0 Å². The van der Waals surface area contributed by atoms with Crippen molar-refractivity contribution >= 4 is 32.4 Å². The van der Waals surface area contributed by atoms with Gasteiger partial charge in [0, 0.05) is 18.5 Å². The minimum atomic E-state index is 0.576. The zero-order valence-electron chi connectivity index (χ0n) is 6.86. The summed E-state index contributed by atoms with van der Waals surface area (Å²) in [6, 6.07) is 1.91. The van der Waals surface area contributed by atoms with E-state index in [1.165, 1.54) is 11.3 Å². The molecule has 0 atom stereocenters. The van der Waals surface area contributed by atoms with Crippen LogP contribution in [-0.4, -0.2) is 14.8 Å². The molecule has 0 spiro atoms. The van der Waals surface area contributed by atoms with Gasteiger partial charge in [0.25, 0.3) is 0 Å². The maximum atomic E-state index is 5.54. The zero-order chi connectivity index (χ0) is 9.42. The number of aromatic nitrogens is 3. The number of nitrogen functional groups attached to an aromatic ring is 1. The van der Waals surface area contributed by atoms with E-state index in [-0.39, 0.29) is 0 Å². The predicted molar refractivity (Wildman–Crippen MR) is 56.4 cm³/mol. The molecule has 0 fully saturated rings. The van der Waals surface area contributed by atoms with Crippen LogP contribution in [0.3, 0.4) is 0 Å². The molecule has 0 amide bonds. The van der Waals surface area contributed by atoms with Gasteiger partial charge >= 0.3 is 0 Å². The van der Waals surface area contributed by atoms with Crippen molar-refractivity contribution in [3.8, 4) is 11.4 Å². The van der Waals surface area contributed by atoms with Gasteiger partial charge in [-0.15, -0.1) is 11.3 Å². The topological polar surface area (TPSA) is 56.7 Å². The van der Waals surface area contributed by atoms with Crippen molar-refractivity contribution in [1.29, 1.82) is 0 Å². The van der Waals surface area contributed by atoms with Gasteiger partial charge in [-0.1, -0.05) is 0 Å². The lowest BCUT2D eigenvalue weighted by atomic mass is 10.3. The third-order valence-electron chi connectivity index (χ3n) is 1.63. The van der Waals surface area contributed by atoms with Gasteiger partial charge < -0.3 is 5.73 Å². The summed E-state index contributed by atoms with van der Waals surface area (Å²) in [7, 11) is 1.87. The molecule has 13 heavy (non-hydrogen) atoms. The Morgan fingerprint density at radius 3 is 2.85 bits per heavy atom. The lowest BCUT2D eigenvalue weighted by Crippen LogP contribution is -1.93. The third kappa shape index (κ3) is 1.59. The van der Waals surface area contributed by atoms with Crippen LogP contribution in [0.1, 0.15) is 0 Å². The number of hydrogen-bond donors (Lipinski definition) is 1. The highest BCUT2D eigenvalue weighted by molar-refractivity contribution is 9.10. The first-order valence-electron chi connectivity index (χ1n) is 3.58. The van der Waals surface area contributed by atoms with E-state index in [2.05, 4.69) is 26.0 Å². The Hall–Kier alpha value is -0.880. The Labute approximate surface area is 87.5 Å². The monoisotopic (exact) mass is 258 g/mol. The second kappa shape index (κ2) is 3.12. The molecular formula is C7H7BrN4S. The molecule has 2 aromatic rings. The van der Waals surface area contributed by atoms with Gasteiger partial charge in [0.2, 0.25) is 0 Å². The molecule has 2 rings (SSSR count). The largest absolute Gasteiger partial charge is 0.375 e. The summed E-state index contributed by atoms with van der Waals surface area (Å²) in [5.41, 5.74) is 7.36. The van der Waals surface area contributed by atoms with E-state index in [4.69, 9.17) is 5.73 Å². The first kappa shape index (κ1) is 8.71. The number of aryl methyl sites for hydroxylation is 1. The molecule has 2 aromatic heterocycles. The summed E-state index contributed by atoms with van der Waals surface area (Å²) in [6.45, 7) is 0. The highest BCUT2D eigenvalue weighted by Crippen LogP contribution is 2.24. The minimum Gasteiger partial charge on any atom is -0.375 e. The van der Waals surface area contributed by atoms with Gasteiger partial charge in [0.1, 0.15) is 10.3 Å². The van der Waals surface area contributed by atoms with E-state index in [1.807, 2.05) is 18.5 Å². The van der Waals surface area contributed by atoms with Crippen LogP contribution in [-0.2, 0) is 7.05 Å². The molecule has 68 valence electrons. The Morgan fingerprint density at radius 1 is 1.62 bits per heavy atom. The molecule has 0 saturated heterocycles. The van der Waals surface area contributed by atoms with Gasteiger partial charge in [0.15, 0.2) is 5.13 Å². The van der Waals surface area contributed by atoms with Gasteiger partial charge in [0.05, 0.1) is 5.69 Å². The first-order chi connectivity index (χ1) is 6.16. The smallest absolute Gasteiger partial charge is 0.180 e. The summed E-state index contributed by atoms with van der Waals surface area (Å²) in [6.07, 6.45) is 0. The Morgan fingerprint density at radius 2 is 2.38 bits per heavy atom. The summed E-state index contributed by atoms with van der Waals surface area (Å²) in [4.78, 5) is 4.17. The van der Waals surface area contributed by atoms with E-state index in [1.54, 1.807) is 4.68 Å². The quantitative estimate of drug-likeness (QED) is 0.850. The molecule has 0 unspecified atom stereocenters. The van der Waals surface area contributed by atoms with E-state index in [0.717, 1.165) is 16.0 Å². The Bertz CT molecular complexity index is 433. The SMILES string of the molecule is Cn1nc(Br)cc1-c1csc(N)n1. The lowest BCUT2D eigenvalue weighted by molar-refractivity contribution is 0.767. The average molecular weight is 259 g/mol. The number of nitrogens with zero attached hydrogens (tertiary/aromatic N) is 3. The maximum absolute atomic E-state index is 5.54. The van der Waals surface area contributed by atoms with E-state index in [0.29, 0.717) is 5.13 Å². The summed E-state index contributed by atoms with van der Waals surface area (Å²) in [5.74, 6) is 0. The third-order valence-corrected chi connectivity index (χ3v) is 2.70. The van der Waals surface area contributed by atoms with Gasteiger partial charge in [-0.25, -0.2) is 4.98 Å². The van der Waals surface area contributed by atoms with Crippen molar-refractivity contribution in [3.63, 3.8) is 0 Å². The van der Waals surface area contributed by atoms with Crippen molar-refractivity contribution in [2.45, 2.75) is 0 Å². The average Bonchev–Trinajstić information content (AvgIpc) is 2.58. The molecule has 6 heteroatoms. The predicted octanol–water partition coefficient (Wildman–Crippen LogP) is 1.89. The molecular weight excluding hydrogens is 252 g/mol. The molecule has 0 aliphatic carbocycles. The molecule has 0 saturated carbocycles. The van der Waals surface area contributed by atoms with Crippen LogP contribution in [0.5, 0.6) is 0 Å². The van der Waals surface area contributed by atoms with Crippen molar-refractivity contribution in [1.82, 2.24) is 14.8 Å². The molecule has 0 aromatic carbocycles. The fourth-order valence-corrected chi connectivity index (χ4v) is 2.09. The van der Waals surface area contributed by atoms with E-state index in [9.17, 15) is 0 Å². The standard InChI is InChI=1S/C7H7BrN4S/c1-12-5(2-6(8)11-12)4-3-13-7(9)10-4/h2-3H,1H3,(H2,9,10). The molecule has 4 nitrogen and oxygen atoms in total. The second-order valence-electron chi connectivity index (χ2n) is 2.55. The molecule has 0 aliphatic heterocycles. The number of thiazole rings is 1. The summed E-state index contributed by atoms with van der Waals surface area (Å²) in [5, 5.41) is 6.65. The van der Waals surface area contributed by atoms with Crippen LogP contribution in [0.25, 0.3) is 11.4 Å². The maximum Gasteiger partial charge on any atom is 0.180 e. The number of rotatable bonds is 1. The van der Waals surface area contributed by atoms with Crippen LogP contribution in [0.2, 0.25) is 0 Å². The van der Waals surface area contributed by atoms with E-state index >= 15 is 0 Å². The van der Waals surface area contributed by atoms with Crippen LogP contribution >= 0.6 is 27.3 Å². The van der Waals surface area contributed by atoms with Crippen LogP contribution in [0.15, 0.2) is 16.0 Å². The van der Waals surface area contributed by atoms with Gasteiger partial charge in [-0.3, -0.25) is 4.68 Å². The number of anilines is 1. The Balaban J connectivity index is 2.51. The fraction of sp³-hybridized carbons (Fsp3) is 0.143. The normalized spacial score (nSPS) is 10.6. The van der Waals surface area contributed by atoms with Crippen molar-refractivity contribution in [2.24, 2.45) is 7.05 Å². The highest BCUT2D eigenvalue weighted by atomic mass is 79.9. The van der Waals surface area contributed by atoms with Crippen molar-refractivity contribution in [2.75, 3.05) is 5.73 Å². The number of halogens is 1. The number of hydrogen-bond acceptors (Lipinski definition) is 4. The lowest BCUT2D eigenvalue weighted by Gasteiger charge is -1.94. The Kier molecular flexibility index (Phi) is 2.09. The summed E-state index contributed by atoms with van der Waals surface area (Å²) < 4.78 is 2.56. The molecule has 2 N–H and O–H groups in total.